The van der Waals surface area contributed by atoms with Crippen molar-refractivity contribution in [2.24, 2.45) is 0 Å². The number of para-hydroxylation sites is 1. The van der Waals surface area contributed by atoms with Crippen LogP contribution >= 0.6 is 0 Å². The third-order valence-corrected chi connectivity index (χ3v) is 12.4. The highest BCUT2D eigenvalue weighted by Crippen LogP contribution is 2.42. The van der Waals surface area contributed by atoms with Crippen LogP contribution in [0, 0.1) is 0 Å². The molecule has 0 bridgehead atoms. The molecule has 316 valence electrons. The molecule has 1 aliphatic rings. The number of hydrogen-bond donors (Lipinski definition) is 0. The van der Waals surface area contributed by atoms with E-state index in [1.165, 1.54) is 44.2 Å². The molecule has 0 aliphatic heterocycles. The zero-order valence-corrected chi connectivity index (χ0v) is 37.0. The Morgan fingerprint density at radius 2 is 0.879 bits per heavy atom. The minimum absolute atomic E-state index is 0.994. The van der Waals surface area contributed by atoms with Crippen LogP contribution in [0.1, 0.15) is 24.0 Å². The Kier molecular flexibility index (Phi) is 12.0. The summed E-state index contributed by atoms with van der Waals surface area (Å²) in [6, 6.07) is 78.7. The second-order valence-electron chi connectivity index (χ2n) is 16.6. The average Bonchev–Trinajstić information content (AvgIpc) is 3.39. The zero-order valence-electron chi connectivity index (χ0n) is 37.0. The molecule has 2 nitrogen and oxygen atoms in total. The highest BCUT2D eigenvalue weighted by molar-refractivity contribution is 5.92. The molecule has 2 heteroatoms. The minimum atomic E-state index is 0.994. The first-order valence-electron chi connectivity index (χ1n) is 22.7. The van der Waals surface area contributed by atoms with Crippen molar-refractivity contribution in [3.05, 3.63) is 279 Å². The van der Waals surface area contributed by atoms with Gasteiger partial charge in [-0.2, -0.15) is 0 Å². The van der Waals surface area contributed by atoms with E-state index < -0.39 is 0 Å². The van der Waals surface area contributed by atoms with Crippen LogP contribution in [0.15, 0.2) is 268 Å². The second-order valence-corrected chi connectivity index (χ2v) is 16.6. The zero-order chi connectivity index (χ0) is 44.7. The number of anilines is 6. The monoisotopic (exact) mass is 846 g/mol. The molecule has 0 N–H and O–H groups in total. The summed E-state index contributed by atoms with van der Waals surface area (Å²) < 4.78 is 0. The van der Waals surface area contributed by atoms with Crippen molar-refractivity contribution in [1.82, 2.24) is 0 Å². The third-order valence-electron chi connectivity index (χ3n) is 12.4. The van der Waals surface area contributed by atoms with Crippen LogP contribution in [0.2, 0.25) is 0 Å². The van der Waals surface area contributed by atoms with Crippen LogP contribution in [0.25, 0.3) is 55.3 Å². The number of nitrogens with zero attached hydrogens (tertiary/aromatic N) is 2. The van der Waals surface area contributed by atoms with Gasteiger partial charge in [0.05, 0.1) is 0 Å². The van der Waals surface area contributed by atoms with E-state index in [0.29, 0.717) is 0 Å². The predicted molar refractivity (Wildman–Crippen MR) is 284 cm³/mol. The Morgan fingerprint density at radius 3 is 1.47 bits per heavy atom. The Balaban J connectivity index is 1.04. The molecule has 0 saturated carbocycles. The normalized spacial score (nSPS) is 12.4. The Morgan fingerprint density at radius 1 is 0.394 bits per heavy atom. The first-order chi connectivity index (χ1) is 32.6. The molecule has 66 heavy (non-hydrogen) atoms. The van der Waals surface area contributed by atoms with E-state index in [1.807, 2.05) is 18.2 Å². The number of rotatable bonds is 13. The smallest absolute Gasteiger partial charge is 0.0468 e. The van der Waals surface area contributed by atoms with Gasteiger partial charge in [-0.1, -0.05) is 189 Å². The van der Waals surface area contributed by atoms with E-state index >= 15 is 0 Å². The molecule has 0 radical (unpaired) electrons. The van der Waals surface area contributed by atoms with E-state index in [0.717, 1.165) is 69.2 Å². The topological polar surface area (TPSA) is 6.48 Å². The molecule has 10 rings (SSSR count). The summed E-state index contributed by atoms with van der Waals surface area (Å²) in [5, 5.41) is 2.48. The third kappa shape index (κ3) is 8.73. The summed E-state index contributed by atoms with van der Waals surface area (Å²) in [7, 11) is 0. The molecule has 0 fully saturated rings. The maximum atomic E-state index is 4.28. The molecule has 1 aliphatic carbocycles. The lowest BCUT2D eigenvalue weighted by Gasteiger charge is -2.28. The van der Waals surface area contributed by atoms with Crippen molar-refractivity contribution in [3.8, 4) is 33.4 Å². The van der Waals surface area contributed by atoms with Gasteiger partial charge in [-0.3, -0.25) is 0 Å². The van der Waals surface area contributed by atoms with Gasteiger partial charge in [0, 0.05) is 34.1 Å². The molecular weight excluding hydrogens is 797 g/mol. The van der Waals surface area contributed by atoms with Crippen LogP contribution < -0.4 is 9.80 Å². The number of allylic oxidation sites excluding steroid dienone is 8. The summed E-state index contributed by atoms with van der Waals surface area (Å²) in [5.41, 5.74) is 18.0. The van der Waals surface area contributed by atoms with E-state index in [1.54, 1.807) is 0 Å². The van der Waals surface area contributed by atoms with Gasteiger partial charge in [0.25, 0.3) is 0 Å². The first kappa shape index (κ1) is 41.5. The van der Waals surface area contributed by atoms with Crippen molar-refractivity contribution in [2.45, 2.75) is 12.8 Å². The summed E-state index contributed by atoms with van der Waals surface area (Å²) in [6.45, 7) is 8.36. The van der Waals surface area contributed by atoms with Crippen LogP contribution in [0.4, 0.5) is 34.1 Å². The standard InChI is InChI=1S/C64H50N2/c1-3-16-47(4-2)64-46-62(43-44-63(64)54-33-41-59(42-34-54)65(57-23-12-7-13-24-57)58-35-27-51(28-36-58)48-17-8-5-9-18-48)66(60-37-29-52(30-38-60)49-19-10-6-11-20-49)61-39-31-53(32-40-61)56-26-25-50-21-14-15-22-55(50)45-56/h3-5,7-10,12-46H,1-2,6,11H2/b47-16+. The van der Waals surface area contributed by atoms with Crippen LogP contribution in [-0.4, -0.2) is 0 Å². The maximum absolute atomic E-state index is 4.28. The molecule has 0 saturated heterocycles. The minimum Gasteiger partial charge on any atom is -0.311 e. The van der Waals surface area contributed by atoms with Crippen molar-refractivity contribution in [3.63, 3.8) is 0 Å². The highest BCUT2D eigenvalue weighted by atomic mass is 15.1. The largest absolute Gasteiger partial charge is 0.311 e. The maximum Gasteiger partial charge on any atom is 0.0468 e. The highest BCUT2D eigenvalue weighted by Gasteiger charge is 2.19. The molecule has 0 amide bonds. The van der Waals surface area contributed by atoms with Crippen LogP contribution in [0.3, 0.4) is 0 Å². The predicted octanol–water partition coefficient (Wildman–Crippen LogP) is 18.3. The van der Waals surface area contributed by atoms with Gasteiger partial charge in [-0.05, 0) is 158 Å². The molecular formula is C64H50N2. The first-order valence-corrected chi connectivity index (χ1v) is 22.7. The second kappa shape index (κ2) is 19.1. The SMILES string of the molecule is C=C/C=C(\C=C)c1cc(N(c2ccc(C3=CCCC=C3)cc2)c2ccc(-c3ccc4ccccc4c3)cc2)ccc1-c1ccc(N(c2ccccc2)c2ccc(-c3ccccc3)cc2)cc1. The summed E-state index contributed by atoms with van der Waals surface area (Å²) in [5.74, 6) is 0. The summed E-state index contributed by atoms with van der Waals surface area (Å²) >= 11 is 0. The fourth-order valence-electron chi connectivity index (χ4n) is 9.05. The molecule has 0 aromatic heterocycles. The van der Waals surface area contributed by atoms with Gasteiger partial charge in [-0.15, -0.1) is 0 Å². The molecule has 9 aromatic rings. The lowest BCUT2D eigenvalue weighted by molar-refractivity contribution is 1.04. The molecule has 0 unspecified atom stereocenters. The fourth-order valence-corrected chi connectivity index (χ4v) is 9.05. The Labute approximate surface area is 389 Å². The van der Waals surface area contributed by atoms with Crippen LogP contribution in [-0.2, 0) is 0 Å². The van der Waals surface area contributed by atoms with Crippen molar-refractivity contribution >= 4 is 56.0 Å². The van der Waals surface area contributed by atoms with Gasteiger partial charge in [0.15, 0.2) is 0 Å². The number of hydrogen-bond acceptors (Lipinski definition) is 2. The van der Waals surface area contributed by atoms with Gasteiger partial charge < -0.3 is 9.80 Å². The number of fused-ring (bicyclic) bond motifs is 1. The fraction of sp³-hybridized carbons (Fsp3) is 0.0312. The van der Waals surface area contributed by atoms with Gasteiger partial charge in [-0.25, -0.2) is 0 Å². The molecule has 0 atom stereocenters. The molecule has 0 spiro atoms. The van der Waals surface area contributed by atoms with Gasteiger partial charge in [0.2, 0.25) is 0 Å². The van der Waals surface area contributed by atoms with Crippen molar-refractivity contribution in [2.75, 3.05) is 9.80 Å². The molecule has 0 heterocycles. The number of benzene rings is 9. The van der Waals surface area contributed by atoms with Crippen LogP contribution in [0.5, 0.6) is 0 Å². The summed E-state index contributed by atoms with van der Waals surface area (Å²) in [4.78, 5) is 4.66. The quantitative estimate of drug-likeness (QED) is 0.107. The summed E-state index contributed by atoms with van der Waals surface area (Å²) in [6.07, 6.45) is 14.8. The van der Waals surface area contributed by atoms with E-state index in [9.17, 15) is 0 Å². The average molecular weight is 847 g/mol. The van der Waals surface area contributed by atoms with Gasteiger partial charge in [0.1, 0.15) is 0 Å². The van der Waals surface area contributed by atoms with Gasteiger partial charge >= 0.3 is 0 Å². The van der Waals surface area contributed by atoms with E-state index in [4.69, 9.17) is 0 Å². The van der Waals surface area contributed by atoms with Crippen molar-refractivity contribution in [1.29, 1.82) is 0 Å². The lowest BCUT2D eigenvalue weighted by Crippen LogP contribution is -2.11. The lowest BCUT2D eigenvalue weighted by atomic mass is 9.92. The van der Waals surface area contributed by atoms with E-state index in [2.05, 4.69) is 260 Å². The van der Waals surface area contributed by atoms with E-state index in [-0.39, 0.29) is 0 Å². The Hall–Kier alpha value is -8.46. The molecule has 9 aromatic carbocycles. The Bertz CT molecular complexity index is 3230. The van der Waals surface area contributed by atoms with Crippen molar-refractivity contribution < 1.29 is 0 Å².